The summed E-state index contributed by atoms with van der Waals surface area (Å²) in [4.78, 5) is 29.5. The Morgan fingerprint density at radius 2 is 2.00 bits per heavy atom. The third kappa shape index (κ3) is 5.42. The van der Waals surface area contributed by atoms with E-state index < -0.39 is 67.7 Å². The summed E-state index contributed by atoms with van der Waals surface area (Å²) in [6, 6.07) is 5.41. The number of fused-ring (bicyclic) bond motifs is 9. The topological polar surface area (TPSA) is 195 Å². The van der Waals surface area contributed by atoms with Crippen molar-refractivity contribution in [1.29, 1.82) is 0 Å². The van der Waals surface area contributed by atoms with Gasteiger partial charge < -0.3 is 58.5 Å². The van der Waals surface area contributed by atoms with Gasteiger partial charge in [0, 0.05) is 60.3 Å². The lowest BCUT2D eigenvalue weighted by Gasteiger charge is -2.47. The van der Waals surface area contributed by atoms with Gasteiger partial charge >= 0.3 is 11.9 Å². The number of carboxylic acids is 1. The molecule has 0 saturated carbocycles. The van der Waals surface area contributed by atoms with Crippen molar-refractivity contribution < 1.29 is 63.2 Å². The molecular formula is C36H34N2O13. The molecule has 7 aliphatic heterocycles. The maximum absolute atomic E-state index is 12.0. The predicted molar refractivity (Wildman–Crippen MR) is 174 cm³/mol. The minimum Gasteiger partial charge on any atom is -0.493 e. The van der Waals surface area contributed by atoms with Gasteiger partial charge in [0.05, 0.1) is 38.0 Å². The number of allylic oxidation sites excluding steroid dienone is 1. The Hall–Kier alpha value is -5.27. The Balaban J connectivity index is 1.22. The summed E-state index contributed by atoms with van der Waals surface area (Å²) in [5.74, 6) is 5.60. The second-order valence-electron chi connectivity index (χ2n) is 13.0. The van der Waals surface area contributed by atoms with Gasteiger partial charge in [-0.15, -0.1) is 0 Å². The maximum atomic E-state index is 12.0. The van der Waals surface area contributed by atoms with Gasteiger partial charge in [-0.25, -0.2) is 0 Å². The molecule has 7 aliphatic rings. The number of methoxy groups -OCH3 is 2. The highest BCUT2D eigenvalue weighted by Gasteiger charge is 2.56. The molecule has 9 rings (SSSR count). The smallest absolute Gasteiger partial charge is 0.317 e. The number of benzene rings is 2. The van der Waals surface area contributed by atoms with Crippen LogP contribution in [0, 0.1) is 11.8 Å². The molecule has 2 bridgehead atoms. The average molecular weight is 703 g/mol. The minimum absolute atomic E-state index is 0.180. The van der Waals surface area contributed by atoms with Gasteiger partial charge in [-0.2, -0.15) is 0 Å². The molecule has 7 atom stereocenters. The second kappa shape index (κ2) is 12.5. The Morgan fingerprint density at radius 1 is 1.16 bits per heavy atom. The number of hydrogen-bond donors (Lipinski definition) is 4. The molecule has 0 aromatic heterocycles. The average Bonchev–Trinajstić information content (AvgIpc) is 3.81. The van der Waals surface area contributed by atoms with Crippen LogP contribution >= 0.6 is 0 Å². The normalized spacial score (nSPS) is 28.9. The van der Waals surface area contributed by atoms with Crippen LogP contribution in [-0.2, 0) is 25.6 Å². The van der Waals surface area contributed by atoms with Gasteiger partial charge in [-0.1, -0.05) is 17.9 Å². The number of carbonyl (C=O) groups is 2. The van der Waals surface area contributed by atoms with Crippen LogP contribution in [0.3, 0.4) is 0 Å². The summed E-state index contributed by atoms with van der Waals surface area (Å²) >= 11 is 0. The minimum atomic E-state index is -2.22. The summed E-state index contributed by atoms with van der Waals surface area (Å²) in [5, 5.41) is 42.9. The van der Waals surface area contributed by atoms with E-state index in [1.165, 1.54) is 0 Å². The number of ether oxygens (including phenoxy) is 7. The molecule has 15 nitrogen and oxygen atoms in total. The van der Waals surface area contributed by atoms with Gasteiger partial charge in [0.15, 0.2) is 11.5 Å². The molecule has 1 fully saturated rings. The first-order chi connectivity index (χ1) is 24.6. The zero-order chi connectivity index (χ0) is 35.6. The van der Waals surface area contributed by atoms with Gasteiger partial charge in [0.2, 0.25) is 12.0 Å². The quantitative estimate of drug-likeness (QED) is 0.175. The summed E-state index contributed by atoms with van der Waals surface area (Å²) in [7, 11) is 3.11. The number of rotatable bonds is 8. The highest BCUT2D eigenvalue weighted by molar-refractivity contribution is 5.90. The zero-order valence-corrected chi connectivity index (χ0v) is 27.5. The van der Waals surface area contributed by atoms with Crippen LogP contribution in [0.25, 0.3) is 0 Å². The Labute approximate surface area is 291 Å². The summed E-state index contributed by atoms with van der Waals surface area (Å²) in [6.45, 7) is 0.547. The number of aliphatic carboxylic acids is 1. The predicted octanol–water partition coefficient (Wildman–Crippen LogP) is 1.31. The molecule has 51 heavy (non-hydrogen) atoms. The molecule has 0 aliphatic carbocycles. The number of carbonyl (C=O) groups excluding carboxylic acids is 1. The summed E-state index contributed by atoms with van der Waals surface area (Å²) in [6.07, 6.45) is -2.72. The van der Waals surface area contributed by atoms with E-state index in [0.29, 0.717) is 47.2 Å². The zero-order valence-electron chi connectivity index (χ0n) is 27.5. The molecule has 4 N–H and O–H groups in total. The van der Waals surface area contributed by atoms with Crippen molar-refractivity contribution in [3.8, 4) is 40.6 Å². The van der Waals surface area contributed by atoms with E-state index in [4.69, 9.17) is 38.3 Å². The lowest BCUT2D eigenvalue weighted by Crippen LogP contribution is -2.68. The molecule has 0 unspecified atom stereocenters. The van der Waals surface area contributed by atoms with E-state index in [0.717, 1.165) is 22.4 Å². The van der Waals surface area contributed by atoms with E-state index in [1.807, 2.05) is 24.4 Å². The first-order valence-corrected chi connectivity index (χ1v) is 16.3. The van der Waals surface area contributed by atoms with E-state index in [2.05, 4.69) is 21.7 Å². The van der Waals surface area contributed by atoms with Gasteiger partial charge in [0.1, 0.15) is 54.5 Å². The molecule has 7 heterocycles. The van der Waals surface area contributed by atoms with Crippen LogP contribution in [0.1, 0.15) is 47.1 Å². The fourth-order valence-electron chi connectivity index (χ4n) is 7.45. The SMILES string of the molecule is COc1ccc2c(c1OC)O[C@H]1c3c(cc4c(c3CN3C=C5N=CC=C5C3)C#CC[C@]3(O)[C@H](O)[C@@H](O)[C@H](O4)O[C@@H]3COC(=O)CC(=O)O)OC[C@@H]21. The molecule has 0 radical (unpaired) electrons. The van der Waals surface area contributed by atoms with Crippen molar-refractivity contribution in [3.05, 3.63) is 64.0 Å². The van der Waals surface area contributed by atoms with Crippen molar-refractivity contribution in [1.82, 2.24) is 4.90 Å². The monoisotopic (exact) mass is 702 g/mol. The van der Waals surface area contributed by atoms with Crippen molar-refractivity contribution in [3.63, 3.8) is 0 Å². The number of esters is 1. The first-order valence-electron chi connectivity index (χ1n) is 16.3. The van der Waals surface area contributed by atoms with E-state index in [-0.39, 0.29) is 18.3 Å². The van der Waals surface area contributed by atoms with Gasteiger partial charge in [-0.3, -0.25) is 14.6 Å². The van der Waals surface area contributed by atoms with Crippen LogP contribution in [0.5, 0.6) is 28.7 Å². The Kier molecular flexibility index (Phi) is 8.06. The van der Waals surface area contributed by atoms with Crippen LogP contribution in [0.4, 0.5) is 0 Å². The number of hydrogen-bond acceptors (Lipinski definition) is 14. The van der Waals surface area contributed by atoms with Crippen molar-refractivity contribution in [2.24, 2.45) is 4.99 Å². The Bertz CT molecular complexity index is 1980. The van der Waals surface area contributed by atoms with Crippen LogP contribution in [-0.4, -0.2) is 108 Å². The largest absolute Gasteiger partial charge is 0.493 e. The van der Waals surface area contributed by atoms with Crippen LogP contribution < -0.4 is 23.7 Å². The van der Waals surface area contributed by atoms with Gasteiger partial charge in [-0.05, 0) is 12.1 Å². The Morgan fingerprint density at radius 3 is 2.76 bits per heavy atom. The molecule has 0 spiro atoms. The van der Waals surface area contributed by atoms with E-state index in [9.17, 15) is 24.9 Å². The standard InChI is InChI=1S/C36H34N2O13/c1-45-23-6-5-19-21-15-47-25-10-24-18(4-3-8-36(44)26(16-48-28(41)11-27(39)40)50-35(49-24)30(42)34(36)43)20(13-38-12-17-7-9-37-22(17)14-38)29(25)31(21)51-32(19)33(23)46-2/h5-7,9-10,14,21,26,30-31,34-35,42-44H,8,11-13,15-16H2,1-2H3,(H,39,40)/t21-,26+,30+,31+,34+,35+,36+/m0/s1. The van der Waals surface area contributed by atoms with Crippen LogP contribution in [0.15, 0.2) is 46.7 Å². The number of aliphatic imine (C=N–C) groups is 1. The fraction of sp³-hybridized carbons (Fsp3) is 0.417. The lowest BCUT2D eigenvalue weighted by molar-refractivity contribution is -0.312. The van der Waals surface area contributed by atoms with Crippen molar-refractivity contribution in [2.75, 3.05) is 34.0 Å². The second-order valence-corrected chi connectivity index (χ2v) is 13.0. The summed E-state index contributed by atoms with van der Waals surface area (Å²) < 4.78 is 41.6. The molecule has 0 amide bonds. The number of aliphatic hydroxyl groups excluding tert-OH is 2. The molecule has 2 aromatic rings. The molecule has 15 heteroatoms. The van der Waals surface area contributed by atoms with Crippen molar-refractivity contribution in [2.45, 2.75) is 61.6 Å². The molecule has 2 aromatic carbocycles. The molecule has 1 saturated heterocycles. The number of aliphatic hydroxyl groups is 3. The fourth-order valence-corrected chi connectivity index (χ4v) is 7.45. The molecular weight excluding hydrogens is 668 g/mol. The summed E-state index contributed by atoms with van der Waals surface area (Å²) in [5.41, 5.74) is 2.47. The van der Waals surface area contributed by atoms with E-state index >= 15 is 0 Å². The maximum Gasteiger partial charge on any atom is 0.317 e. The lowest BCUT2D eigenvalue weighted by atomic mass is 9.81. The first kappa shape index (κ1) is 32.9. The van der Waals surface area contributed by atoms with Crippen LogP contribution in [0.2, 0.25) is 0 Å². The molecule has 266 valence electrons. The highest BCUT2D eigenvalue weighted by atomic mass is 16.7. The number of nitrogens with zero attached hydrogens (tertiary/aromatic N) is 2. The van der Waals surface area contributed by atoms with E-state index in [1.54, 1.807) is 26.5 Å². The highest BCUT2D eigenvalue weighted by Crippen LogP contribution is 2.58. The van der Waals surface area contributed by atoms with Gasteiger partial charge in [0.25, 0.3) is 0 Å². The van der Waals surface area contributed by atoms with Crippen molar-refractivity contribution >= 4 is 18.2 Å². The number of carboxylic acid groups (broad SMARTS) is 1. The third-order valence-corrected chi connectivity index (χ3v) is 9.99. The third-order valence-electron chi connectivity index (χ3n) is 9.99.